The van der Waals surface area contributed by atoms with Crippen molar-refractivity contribution in [1.82, 2.24) is 4.31 Å². The largest absolute Gasteiger partial charge is 0.292 e. The molecule has 1 fully saturated rings. The summed E-state index contributed by atoms with van der Waals surface area (Å²) in [7, 11) is -4.21. The molecule has 2 rings (SSSR count). The van der Waals surface area contributed by atoms with Crippen molar-refractivity contribution in [2.24, 2.45) is 0 Å². The summed E-state index contributed by atoms with van der Waals surface area (Å²) in [6.07, 6.45) is 1.67. The summed E-state index contributed by atoms with van der Waals surface area (Å²) in [4.78, 5) is 9.42. The van der Waals surface area contributed by atoms with E-state index in [0.717, 1.165) is 22.9 Å². The van der Waals surface area contributed by atoms with Gasteiger partial charge in [-0.05, 0) is 31.4 Å². The van der Waals surface area contributed by atoms with Gasteiger partial charge in [-0.25, -0.2) is 12.8 Å². The highest BCUT2D eigenvalue weighted by atomic mass is 32.2. The van der Waals surface area contributed by atoms with Crippen molar-refractivity contribution in [1.29, 1.82) is 5.26 Å². The SMILES string of the molecule is N#CC1CCCCN1S(=O)(=O)c1ccc(F)cc1[N+](=O)[O-]. The fraction of sp³-hybridized carbons (Fsp3) is 0.417. The second-order valence-corrected chi connectivity index (χ2v) is 6.48. The van der Waals surface area contributed by atoms with Gasteiger partial charge in [0.2, 0.25) is 0 Å². The molecule has 0 N–H and O–H groups in total. The lowest BCUT2D eigenvalue weighted by Crippen LogP contribution is -2.43. The smallest absolute Gasteiger partial charge is 0.258 e. The van der Waals surface area contributed by atoms with Gasteiger partial charge in [0, 0.05) is 6.54 Å². The number of nitriles is 1. The Bertz CT molecular complexity index is 714. The first-order valence-electron chi connectivity index (χ1n) is 6.23. The molecule has 1 aromatic rings. The highest BCUT2D eigenvalue weighted by Gasteiger charge is 2.37. The van der Waals surface area contributed by atoms with Crippen molar-refractivity contribution in [3.63, 3.8) is 0 Å². The zero-order chi connectivity index (χ0) is 15.6. The number of nitrogens with zero attached hydrogens (tertiary/aromatic N) is 3. The zero-order valence-corrected chi connectivity index (χ0v) is 11.7. The van der Waals surface area contributed by atoms with Gasteiger partial charge in [0.15, 0.2) is 4.90 Å². The minimum atomic E-state index is -4.21. The van der Waals surface area contributed by atoms with Crippen LogP contribution in [0.15, 0.2) is 23.1 Å². The van der Waals surface area contributed by atoms with Gasteiger partial charge in [-0.3, -0.25) is 10.1 Å². The number of piperidine rings is 1. The summed E-state index contributed by atoms with van der Waals surface area (Å²) in [5.41, 5.74) is -0.822. The lowest BCUT2D eigenvalue weighted by atomic mass is 10.1. The van der Waals surface area contributed by atoms with Crippen LogP contribution < -0.4 is 0 Å². The van der Waals surface area contributed by atoms with E-state index >= 15 is 0 Å². The molecule has 0 spiro atoms. The van der Waals surface area contributed by atoms with Crippen LogP contribution in [0, 0.1) is 27.3 Å². The van der Waals surface area contributed by atoms with Crippen LogP contribution in [0.1, 0.15) is 19.3 Å². The lowest BCUT2D eigenvalue weighted by Gasteiger charge is -2.30. The van der Waals surface area contributed by atoms with Crippen molar-refractivity contribution in [2.75, 3.05) is 6.54 Å². The highest BCUT2D eigenvalue weighted by molar-refractivity contribution is 7.89. The van der Waals surface area contributed by atoms with Gasteiger partial charge in [-0.2, -0.15) is 9.57 Å². The summed E-state index contributed by atoms with van der Waals surface area (Å²) >= 11 is 0. The topological polar surface area (TPSA) is 104 Å². The quantitative estimate of drug-likeness (QED) is 0.625. The van der Waals surface area contributed by atoms with E-state index in [2.05, 4.69) is 0 Å². The molecule has 0 radical (unpaired) electrons. The molecule has 21 heavy (non-hydrogen) atoms. The summed E-state index contributed by atoms with van der Waals surface area (Å²) < 4.78 is 39.2. The molecule has 0 saturated carbocycles. The van der Waals surface area contributed by atoms with E-state index in [0.29, 0.717) is 18.9 Å². The van der Waals surface area contributed by atoms with Gasteiger partial charge >= 0.3 is 0 Å². The third-order valence-electron chi connectivity index (χ3n) is 3.31. The minimum Gasteiger partial charge on any atom is -0.258 e. The van der Waals surface area contributed by atoms with Crippen LogP contribution in [0.5, 0.6) is 0 Å². The summed E-state index contributed by atoms with van der Waals surface area (Å²) in [5.74, 6) is -0.892. The van der Waals surface area contributed by atoms with Gasteiger partial charge in [0.25, 0.3) is 15.7 Å². The van der Waals surface area contributed by atoms with Crippen LogP contribution in [0.4, 0.5) is 10.1 Å². The Balaban J connectivity index is 2.54. The molecule has 0 aromatic heterocycles. The van der Waals surface area contributed by atoms with E-state index in [-0.39, 0.29) is 6.54 Å². The molecule has 0 aliphatic carbocycles. The Hall–Kier alpha value is -2.05. The molecule has 0 bridgehead atoms. The number of nitro groups is 1. The van der Waals surface area contributed by atoms with Crippen molar-refractivity contribution in [3.05, 3.63) is 34.1 Å². The summed E-state index contributed by atoms with van der Waals surface area (Å²) in [6.45, 7) is 0.120. The molecule has 1 heterocycles. The first kappa shape index (κ1) is 15.3. The Kier molecular flexibility index (Phi) is 4.20. The maximum Gasteiger partial charge on any atom is 0.292 e. The Morgan fingerprint density at radius 3 is 2.76 bits per heavy atom. The minimum absolute atomic E-state index is 0.120. The van der Waals surface area contributed by atoms with E-state index in [9.17, 15) is 22.9 Å². The molecule has 1 unspecified atom stereocenters. The molecular weight excluding hydrogens is 301 g/mol. The Labute approximate surface area is 120 Å². The second kappa shape index (κ2) is 5.75. The number of benzene rings is 1. The fourth-order valence-electron chi connectivity index (χ4n) is 2.30. The zero-order valence-electron chi connectivity index (χ0n) is 10.9. The maximum atomic E-state index is 13.1. The molecule has 0 amide bonds. The average Bonchev–Trinajstić information content (AvgIpc) is 2.46. The normalized spacial score (nSPS) is 19.9. The lowest BCUT2D eigenvalue weighted by molar-refractivity contribution is -0.388. The molecular formula is C12H12FN3O4S. The predicted octanol–water partition coefficient (Wildman–Crippen LogP) is 1.80. The molecule has 112 valence electrons. The third-order valence-corrected chi connectivity index (χ3v) is 5.26. The number of halogens is 1. The van der Waals surface area contributed by atoms with Gasteiger partial charge < -0.3 is 0 Å². The molecule has 1 atom stereocenters. The molecule has 7 nitrogen and oxygen atoms in total. The second-order valence-electron chi connectivity index (χ2n) is 4.63. The van der Waals surface area contributed by atoms with E-state index in [1.54, 1.807) is 0 Å². The monoisotopic (exact) mass is 313 g/mol. The van der Waals surface area contributed by atoms with E-state index in [4.69, 9.17) is 5.26 Å². The first-order chi connectivity index (χ1) is 9.87. The molecule has 1 aliphatic rings. The van der Waals surface area contributed by atoms with Gasteiger partial charge in [0.1, 0.15) is 11.9 Å². The number of nitro benzene ring substituents is 1. The Morgan fingerprint density at radius 1 is 1.43 bits per heavy atom. The van der Waals surface area contributed by atoms with Gasteiger partial charge in [-0.1, -0.05) is 0 Å². The van der Waals surface area contributed by atoms with Crippen LogP contribution in [0.25, 0.3) is 0 Å². The average molecular weight is 313 g/mol. The predicted molar refractivity (Wildman–Crippen MR) is 70.2 cm³/mol. The number of rotatable bonds is 3. The van der Waals surface area contributed by atoms with Crippen LogP contribution in [0.3, 0.4) is 0 Å². The maximum absolute atomic E-state index is 13.1. The van der Waals surface area contributed by atoms with E-state index in [1.807, 2.05) is 6.07 Å². The van der Waals surface area contributed by atoms with E-state index < -0.39 is 37.4 Å². The van der Waals surface area contributed by atoms with Crippen molar-refractivity contribution >= 4 is 15.7 Å². The van der Waals surface area contributed by atoms with Crippen LogP contribution in [-0.4, -0.2) is 30.2 Å². The fourth-order valence-corrected chi connectivity index (χ4v) is 4.05. The molecule has 1 aromatic carbocycles. The first-order valence-corrected chi connectivity index (χ1v) is 7.67. The standard InChI is InChI=1S/C12H12FN3O4S/c13-9-4-5-12(11(7-9)16(17)18)21(19,20)15-6-2-1-3-10(15)8-14/h4-5,7,10H,1-3,6H2. The van der Waals surface area contributed by atoms with Gasteiger partial charge in [-0.15, -0.1) is 0 Å². The third kappa shape index (κ3) is 2.86. The Morgan fingerprint density at radius 2 is 2.14 bits per heavy atom. The van der Waals surface area contributed by atoms with Crippen molar-refractivity contribution in [3.8, 4) is 6.07 Å². The molecule has 9 heteroatoms. The van der Waals surface area contributed by atoms with Crippen LogP contribution >= 0.6 is 0 Å². The van der Waals surface area contributed by atoms with E-state index in [1.165, 1.54) is 0 Å². The van der Waals surface area contributed by atoms with Crippen molar-refractivity contribution in [2.45, 2.75) is 30.2 Å². The van der Waals surface area contributed by atoms with Gasteiger partial charge in [0.05, 0.1) is 17.1 Å². The summed E-state index contributed by atoms with van der Waals surface area (Å²) in [5, 5.41) is 20.0. The van der Waals surface area contributed by atoms with Crippen LogP contribution in [-0.2, 0) is 10.0 Å². The van der Waals surface area contributed by atoms with Crippen molar-refractivity contribution < 1.29 is 17.7 Å². The van der Waals surface area contributed by atoms with Crippen LogP contribution in [0.2, 0.25) is 0 Å². The number of hydrogen-bond acceptors (Lipinski definition) is 5. The number of hydrogen-bond donors (Lipinski definition) is 0. The molecule has 1 saturated heterocycles. The number of sulfonamides is 1. The molecule has 1 aliphatic heterocycles. The summed E-state index contributed by atoms with van der Waals surface area (Å²) in [6, 6.07) is 3.33. The highest BCUT2D eigenvalue weighted by Crippen LogP contribution is 2.31.